The molecule has 2 heterocycles. The molecule has 9 heteroatoms. The quantitative estimate of drug-likeness (QED) is 0.297. The second-order valence-corrected chi connectivity index (χ2v) is 7.51. The summed E-state index contributed by atoms with van der Waals surface area (Å²) in [6.45, 7) is 4.52. The van der Waals surface area contributed by atoms with Crippen molar-refractivity contribution in [1.82, 2.24) is 4.59 Å². The minimum atomic E-state index is -10.7. The molecule has 0 aliphatic carbocycles. The van der Waals surface area contributed by atoms with Crippen molar-refractivity contribution in [1.29, 1.82) is 0 Å². The molecule has 0 saturated carbocycles. The number of piperidine rings is 1. The van der Waals surface area contributed by atoms with E-state index in [1.807, 2.05) is 0 Å². The number of benzene rings is 1. The zero-order valence-electron chi connectivity index (χ0n) is 12.0. The molecule has 0 N–H and O–H groups in total. The summed E-state index contributed by atoms with van der Waals surface area (Å²) in [4.78, 5) is 0. The van der Waals surface area contributed by atoms with Gasteiger partial charge in [0.1, 0.15) is 18.8 Å². The van der Waals surface area contributed by atoms with E-state index in [0.29, 0.717) is 0 Å². The molecule has 2 aliphatic rings. The van der Waals surface area contributed by atoms with E-state index in [1.165, 1.54) is 49.3 Å². The fourth-order valence-electron chi connectivity index (χ4n) is 2.91. The van der Waals surface area contributed by atoms with Gasteiger partial charge in [0.2, 0.25) is 0 Å². The van der Waals surface area contributed by atoms with Gasteiger partial charge in [0, 0.05) is 6.07 Å². The summed E-state index contributed by atoms with van der Waals surface area (Å²) >= 11 is 0. The van der Waals surface area contributed by atoms with E-state index in [0.717, 1.165) is 4.59 Å². The number of hydrogen-bond acceptors (Lipinski definition) is 1. The second kappa shape index (κ2) is 4.68. The van der Waals surface area contributed by atoms with Crippen LogP contribution in [0.5, 0.6) is 0 Å². The Hall–Kier alpha value is -1.14. The Labute approximate surface area is 124 Å². The van der Waals surface area contributed by atoms with Gasteiger partial charge in [0.25, 0.3) is 0 Å². The van der Waals surface area contributed by atoms with E-state index in [4.69, 9.17) is 5.10 Å². The van der Waals surface area contributed by atoms with E-state index in [9.17, 15) is 25.2 Å². The van der Waals surface area contributed by atoms with Gasteiger partial charge in [-0.25, -0.2) is 0 Å². The topological polar surface area (TPSA) is 12.4 Å². The number of fused-ring (bicyclic) bond motifs is 2. The number of quaternary nitrogens is 1. The molecule has 2 aliphatic heterocycles. The Kier molecular flexibility index (Phi) is 3.66. The monoisotopic (exact) mass is 346 g/mol. The molecule has 1 fully saturated rings. The van der Waals surface area contributed by atoms with Gasteiger partial charge in [-0.2, -0.15) is 4.59 Å². The predicted octanol–water partition coefficient (Wildman–Crippen LogP) is 6.30. The minimum absolute atomic E-state index is 0.877. The first kappa shape index (κ1) is 17.2. The summed E-state index contributed by atoms with van der Waals surface area (Å²) in [5.74, 6) is 0. The number of halogens is 6. The van der Waals surface area contributed by atoms with Gasteiger partial charge < -0.3 is 0 Å². The Morgan fingerprint density at radius 1 is 0.909 bits per heavy atom. The number of hydrogen-bond donors (Lipinski definition) is 0. The Morgan fingerprint density at radius 3 is 1.95 bits per heavy atom. The van der Waals surface area contributed by atoms with Gasteiger partial charge in [-0.05, 0) is 32.3 Å². The maximum absolute atomic E-state index is 10.7. The van der Waals surface area contributed by atoms with Gasteiger partial charge in [-0.3, -0.25) is 0 Å². The fraction of sp³-hybridized carbons (Fsp3) is 0.462. The second-order valence-electron chi connectivity index (χ2n) is 5.59. The van der Waals surface area contributed by atoms with Crippen molar-refractivity contribution in [2.75, 3.05) is 13.1 Å². The molecule has 1 aromatic rings. The Balaban J connectivity index is 0.000000217. The van der Waals surface area contributed by atoms with E-state index >= 15 is 0 Å². The first-order chi connectivity index (χ1) is 9.77. The molecule has 0 radical (unpaired) electrons. The molecule has 0 atom stereocenters. The van der Waals surface area contributed by atoms with E-state index in [-0.39, 0.29) is 0 Å². The van der Waals surface area contributed by atoms with Crippen molar-refractivity contribution in [3.8, 4) is 0 Å². The van der Waals surface area contributed by atoms with Gasteiger partial charge in [-0.1, -0.05) is 17.2 Å². The molecular weight excluding hydrogens is 329 g/mol. The van der Waals surface area contributed by atoms with Crippen LogP contribution >= 0.6 is 7.81 Å². The average molecular weight is 346 g/mol. The molecule has 3 rings (SSSR count). The van der Waals surface area contributed by atoms with Gasteiger partial charge >= 0.3 is 33.0 Å². The molecule has 0 bridgehead atoms. The van der Waals surface area contributed by atoms with Crippen LogP contribution in [-0.4, -0.2) is 18.8 Å². The standard InChI is InChI=1S/C13H17N2.F6P/c1-11-12-7-3-4-8-13(12)15(14-11)9-5-2-6-10-15;1-7(2,3,4,5)6/h3-4,7-8H,2,5-6,9-10H2,1H3;/q+1;-1. The summed E-state index contributed by atoms with van der Waals surface area (Å²) in [6, 6.07) is 8.71. The van der Waals surface area contributed by atoms with Crippen LogP contribution in [0.25, 0.3) is 0 Å². The van der Waals surface area contributed by atoms with Crippen LogP contribution in [0.3, 0.4) is 0 Å². The number of nitrogens with zero attached hydrogens (tertiary/aromatic N) is 2. The summed E-state index contributed by atoms with van der Waals surface area (Å²) < 4.78 is 60.1. The van der Waals surface area contributed by atoms with Crippen LogP contribution in [0, 0.1) is 0 Å². The van der Waals surface area contributed by atoms with Crippen LogP contribution in [0.4, 0.5) is 30.9 Å². The maximum atomic E-state index is 9.87. The van der Waals surface area contributed by atoms with Crippen LogP contribution in [0.15, 0.2) is 29.4 Å². The predicted molar refractivity (Wildman–Crippen MR) is 77.6 cm³/mol. The van der Waals surface area contributed by atoms with Crippen LogP contribution < -0.4 is 4.59 Å². The van der Waals surface area contributed by atoms with Crippen molar-refractivity contribution < 1.29 is 25.2 Å². The Morgan fingerprint density at radius 2 is 1.41 bits per heavy atom. The van der Waals surface area contributed by atoms with Gasteiger partial charge in [0.05, 0.1) is 5.56 Å². The molecule has 22 heavy (non-hydrogen) atoms. The third-order valence-corrected chi connectivity index (χ3v) is 3.64. The summed E-state index contributed by atoms with van der Waals surface area (Å²) in [5, 5.41) is 4.90. The van der Waals surface area contributed by atoms with Crippen molar-refractivity contribution in [3.63, 3.8) is 0 Å². The molecule has 1 spiro atoms. The van der Waals surface area contributed by atoms with Gasteiger partial charge in [-0.15, -0.1) is 0 Å². The normalized spacial score (nSPS) is 22.8. The number of para-hydroxylation sites is 1. The van der Waals surface area contributed by atoms with Crippen LogP contribution in [0.1, 0.15) is 31.7 Å². The molecule has 126 valence electrons. The van der Waals surface area contributed by atoms with E-state index in [2.05, 4.69) is 31.2 Å². The number of rotatable bonds is 0. The molecular formula is C13H17F6N2P. The van der Waals surface area contributed by atoms with Crippen molar-refractivity contribution in [2.24, 2.45) is 5.10 Å². The first-order valence-corrected chi connectivity index (χ1v) is 8.90. The van der Waals surface area contributed by atoms with Crippen LogP contribution in [0.2, 0.25) is 0 Å². The third kappa shape index (κ3) is 4.95. The summed E-state index contributed by atoms with van der Waals surface area (Å²) in [5.41, 5.74) is 4.00. The third-order valence-electron chi connectivity index (χ3n) is 3.64. The van der Waals surface area contributed by atoms with Gasteiger partial charge in [0.15, 0.2) is 5.69 Å². The Bertz CT molecular complexity index is 591. The zero-order chi connectivity index (χ0) is 16.7. The van der Waals surface area contributed by atoms with Crippen LogP contribution in [-0.2, 0) is 0 Å². The average Bonchev–Trinajstić information content (AvgIpc) is 2.61. The molecule has 0 unspecified atom stereocenters. The molecule has 0 aromatic heterocycles. The fourth-order valence-corrected chi connectivity index (χ4v) is 2.91. The molecule has 2 nitrogen and oxygen atoms in total. The molecule has 1 saturated heterocycles. The SMILES string of the molecule is CC1=N[N+]2(CCCCC2)c2ccccc21.F[P-](F)(F)(F)(F)F. The van der Waals surface area contributed by atoms with Crippen molar-refractivity contribution in [2.45, 2.75) is 26.2 Å². The van der Waals surface area contributed by atoms with E-state index < -0.39 is 7.81 Å². The van der Waals surface area contributed by atoms with Crippen molar-refractivity contribution in [3.05, 3.63) is 29.8 Å². The first-order valence-electron chi connectivity index (χ1n) is 6.87. The van der Waals surface area contributed by atoms with Crippen molar-refractivity contribution >= 4 is 19.2 Å². The zero-order valence-corrected chi connectivity index (χ0v) is 12.8. The summed E-state index contributed by atoms with van der Waals surface area (Å²) in [7, 11) is -10.7. The van der Waals surface area contributed by atoms with E-state index in [1.54, 1.807) is 0 Å². The molecule has 1 aromatic carbocycles. The summed E-state index contributed by atoms with van der Waals surface area (Å²) in [6.07, 6.45) is 3.99. The molecule has 0 amide bonds.